The number of amides is 1. The van der Waals surface area contributed by atoms with Crippen molar-refractivity contribution in [2.75, 3.05) is 26.3 Å². The molecule has 4 atom stereocenters. The third-order valence-corrected chi connectivity index (χ3v) is 4.24. The first-order valence-electron chi connectivity index (χ1n) is 6.71. The van der Waals surface area contributed by atoms with Crippen LogP contribution >= 0.6 is 0 Å². The Balaban J connectivity index is 1.95. The second-order valence-electron chi connectivity index (χ2n) is 5.66. The average Bonchev–Trinajstić information content (AvgIpc) is 2.32. The number of hydrogen-bond donors (Lipinski definition) is 1. The van der Waals surface area contributed by atoms with Crippen LogP contribution in [0.2, 0.25) is 0 Å². The number of nitrogens with two attached hydrogens (primary N) is 1. The first-order chi connectivity index (χ1) is 8.09. The minimum Gasteiger partial charge on any atom is -0.381 e. The summed E-state index contributed by atoms with van der Waals surface area (Å²) < 4.78 is 5.40. The van der Waals surface area contributed by atoms with Crippen LogP contribution in [-0.2, 0) is 9.53 Å². The van der Waals surface area contributed by atoms with E-state index in [4.69, 9.17) is 10.5 Å². The molecular formula is C13H24N2O2. The van der Waals surface area contributed by atoms with Crippen molar-refractivity contribution in [3.63, 3.8) is 0 Å². The van der Waals surface area contributed by atoms with Crippen LogP contribution in [0.15, 0.2) is 0 Å². The van der Waals surface area contributed by atoms with E-state index >= 15 is 0 Å². The number of hydrogen-bond acceptors (Lipinski definition) is 3. The standard InChI is InChI=1S/C13H24N2O2/c1-9-7-15(5-3-12(9)14)13(16)11-4-6-17-8-10(11)2/h9-12H,3-8,14H2,1-2H3. The van der Waals surface area contributed by atoms with Crippen LogP contribution in [0.5, 0.6) is 0 Å². The van der Waals surface area contributed by atoms with Crippen molar-refractivity contribution in [1.29, 1.82) is 0 Å². The number of piperidine rings is 1. The molecule has 0 aromatic rings. The van der Waals surface area contributed by atoms with E-state index in [-0.39, 0.29) is 12.0 Å². The van der Waals surface area contributed by atoms with Gasteiger partial charge in [-0.1, -0.05) is 13.8 Å². The summed E-state index contributed by atoms with van der Waals surface area (Å²) in [5.41, 5.74) is 5.99. The molecule has 2 fully saturated rings. The fourth-order valence-electron chi connectivity index (χ4n) is 2.85. The fourth-order valence-corrected chi connectivity index (χ4v) is 2.85. The molecule has 2 saturated heterocycles. The van der Waals surface area contributed by atoms with Crippen molar-refractivity contribution in [2.45, 2.75) is 32.7 Å². The molecule has 2 aliphatic rings. The minimum absolute atomic E-state index is 0.158. The van der Waals surface area contributed by atoms with E-state index in [0.29, 0.717) is 17.7 Å². The van der Waals surface area contributed by atoms with Gasteiger partial charge in [-0.05, 0) is 24.7 Å². The summed E-state index contributed by atoms with van der Waals surface area (Å²) in [4.78, 5) is 14.5. The molecule has 0 aromatic carbocycles. The van der Waals surface area contributed by atoms with E-state index < -0.39 is 0 Å². The zero-order valence-electron chi connectivity index (χ0n) is 10.9. The molecule has 0 aromatic heterocycles. The van der Waals surface area contributed by atoms with Gasteiger partial charge in [0.15, 0.2) is 0 Å². The summed E-state index contributed by atoms with van der Waals surface area (Å²) in [6.45, 7) is 7.35. The lowest BCUT2D eigenvalue weighted by Crippen LogP contribution is -2.51. The van der Waals surface area contributed by atoms with Gasteiger partial charge in [0.2, 0.25) is 5.91 Å². The Labute approximate surface area is 103 Å². The number of rotatable bonds is 1. The van der Waals surface area contributed by atoms with E-state index in [1.165, 1.54) is 0 Å². The first kappa shape index (κ1) is 12.8. The third kappa shape index (κ3) is 2.80. The molecule has 0 radical (unpaired) electrons. The van der Waals surface area contributed by atoms with Gasteiger partial charge in [0.1, 0.15) is 0 Å². The predicted octanol–water partition coefficient (Wildman–Crippen LogP) is 0.855. The van der Waals surface area contributed by atoms with Crippen LogP contribution in [0, 0.1) is 17.8 Å². The molecule has 98 valence electrons. The number of nitrogens with zero attached hydrogens (tertiary/aromatic N) is 1. The number of likely N-dealkylation sites (tertiary alicyclic amines) is 1. The molecule has 0 spiro atoms. The van der Waals surface area contributed by atoms with Gasteiger partial charge >= 0.3 is 0 Å². The van der Waals surface area contributed by atoms with Gasteiger partial charge in [-0.25, -0.2) is 0 Å². The molecule has 0 bridgehead atoms. The van der Waals surface area contributed by atoms with Crippen LogP contribution in [0.3, 0.4) is 0 Å². The van der Waals surface area contributed by atoms with Gasteiger partial charge in [0.05, 0.1) is 0 Å². The maximum Gasteiger partial charge on any atom is 0.226 e. The Morgan fingerprint density at radius 2 is 2.06 bits per heavy atom. The Bertz CT molecular complexity index is 283. The third-order valence-electron chi connectivity index (χ3n) is 4.24. The van der Waals surface area contributed by atoms with Gasteiger partial charge in [0.25, 0.3) is 0 Å². The van der Waals surface area contributed by atoms with Crippen molar-refractivity contribution in [2.24, 2.45) is 23.5 Å². The Kier molecular flexibility index (Phi) is 4.05. The van der Waals surface area contributed by atoms with Gasteiger partial charge in [0, 0.05) is 38.3 Å². The summed E-state index contributed by atoms with van der Waals surface area (Å²) >= 11 is 0. The zero-order valence-corrected chi connectivity index (χ0v) is 10.9. The largest absolute Gasteiger partial charge is 0.381 e. The van der Waals surface area contributed by atoms with Crippen molar-refractivity contribution in [3.05, 3.63) is 0 Å². The topological polar surface area (TPSA) is 55.6 Å². The maximum atomic E-state index is 12.4. The van der Waals surface area contributed by atoms with E-state index in [1.54, 1.807) is 0 Å². The van der Waals surface area contributed by atoms with Crippen molar-refractivity contribution in [3.8, 4) is 0 Å². The van der Waals surface area contributed by atoms with E-state index in [1.807, 2.05) is 4.90 Å². The van der Waals surface area contributed by atoms with Crippen molar-refractivity contribution in [1.82, 2.24) is 4.90 Å². The molecule has 4 heteroatoms. The van der Waals surface area contributed by atoms with Crippen LogP contribution in [-0.4, -0.2) is 43.2 Å². The lowest BCUT2D eigenvalue weighted by Gasteiger charge is -2.39. The number of ether oxygens (including phenoxy) is 1. The molecule has 0 saturated carbocycles. The predicted molar refractivity (Wildman–Crippen MR) is 66.4 cm³/mol. The monoisotopic (exact) mass is 240 g/mol. The SMILES string of the molecule is CC1CN(C(=O)C2CCOCC2C)CCC1N. The molecule has 4 unspecified atom stereocenters. The van der Waals surface area contributed by atoms with Crippen LogP contribution in [0.1, 0.15) is 26.7 Å². The second-order valence-corrected chi connectivity index (χ2v) is 5.66. The van der Waals surface area contributed by atoms with Gasteiger partial charge in [-0.3, -0.25) is 4.79 Å². The lowest BCUT2D eigenvalue weighted by molar-refractivity contribution is -0.143. The normalized spacial score (nSPS) is 39.1. The zero-order chi connectivity index (χ0) is 12.4. The first-order valence-corrected chi connectivity index (χ1v) is 6.71. The fraction of sp³-hybridized carbons (Fsp3) is 0.923. The highest BCUT2D eigenvalue weighted by atomic mass is 16.5. The Hall–Kier alpha value is -0.610. The van der Waals surface area contributed by atoms with E-state index in [2.05, 4.69) is 13.8 Å². The molecular weight excluding hydrogens is 216 g/mol. The molecule has 2 N–H and O–H groups in total. The van der Waals surface area contributed by atoms with Crippen molar-refractivity contribution >= 4 is 5.91 Å². The molecule has 4 nitrogen and oxygen atoms in total. The van der Waals surface area contributed by atoms with Gasteiger partial charge in [-0.2, -0.15) is 0 Å². The second kappa shape index (κ2) is 5.36. The van der Waals surface area contributed by atoms with Crippen LogP contribution in [0.4, 0.5) is 0 Å². The minimum atomic E-state index is 0.158. The summed E-state index contributed by atoms with van der Waals surface area (Å²) in [5.74, 6) is 1.25. The highest BCUT2D eigenvalue weighted by molar-refractivity contribution is 5.79. The summed E-state index contributed by atoms with van der Waals surface area (Å²) in [6, 6.07) is 0.256. The molecule has 0 aliphatic carbocycles. The molecule has 2 rings (SSSR count). The van der Waals surface area contributed by atoms with Crippen LogP contribution in [0.25, 0.3) is 0 Å². The Morgan fingerprint density at radius 3 is 2.71 bits per heavy atom. The van der Waals surface area contributed by atoms with E-state index in [0.717, 1.165) is 39.1 Å². The summed E-state index contributed by atoms with van der Waals surface area (Å²) in [5, 5.41) is 0. The summed E-state index contributed by atoms with van der Waals surface area (Å²) in [6.07, 6.45) is 1.81. The summed E-state index contributed by atoms with van der Waals surface area (Å²) in [7, 11) is 0. The van der Waals surface area contributed by atoms with Gasteiger partial charge in [-0.15, -0.1) is 0 Å². The lowest BCUT2D eigenvalue weighted by atomic mass is 9.87. The highest BCUT2D eigenvalue weighted by Gasteiger charge is 2.34. The highest BCUT2D eigenvalue weighted by Crippen LogP contribution is 2.26. The average molecular weight is 240 g/mol. The molecule has 1 amide bonds. The molecule has 2 aliphatic heterocycles. The maximum absolute atomic E-state index is 12.4. The number of carbonyl (C=O) groups is 1. The smallest absolute Gasteiger partial charge is 0.226 e. The Morgan fingerprint density at radius 1 is 1.29 bits per heavy atom. The van der Waals surface area contributed by atoms with Gasteiger partial charge < -0.3 is 15.4 Å². The molecule has 17 heavy (non-hydrogen) atoms. The van der Waals surface area contributed by atoms with Crippen LogP contribution < -0.4 is 5.73 Å². The quantitative estimate of drug-likeness (QED) is 0.739. The van der Waals surface area contributed by atoms with Crippen molar-refractivity contribution < 1.29 is 9.53 Å². The molecule has 2 heterocycles. The number of carbonyl (C=O) groups excluding carboxylic acids is 1. The van der Waals surface area contributed by atoms with E-state index in [9.17, 15) is 4.79 Å².